The number of benzene rings is 1. The third-order valence-electron chi connectivity index (χ3n) is 6.82. The van der Waals surface area contributed by atoms with Crippen molar-refractivity contribution in [3.8, 4) is 5.75 Å². The van der Waals surface area contributed by atoms with Crippen molar-refractivity contribution in [2.75, 3.05) is 13.1 Å². The van der Waals surface area contributed by atoms with Crippen molar-refractivity contribution < 1.29 is 27.5 Å². The quantitative estimate of drug-likeness (QED) is 0.830. The molecule has 2 aliphatic heterocycles. The van der Waals surface area contributed by atoms with Gasteiger partial charge in [0, 0.05) is 31.0 Å². The van der Waals surface area contributed by atoms with Gasteiger partial charge in [0.05, 0.1) is 0 Å². The zero-order valence-electron chi connectivity index (χ0n) is 16.3. The minimum Gasteiger partial charge on any atom is -0.406 e. The summed E-state index contributed by atoms with van der Waals surface area (Å²) in [6.45, 7) is 3.35. The maximum atomic E-state index is 12.8. The minimum atomic E-state index is -4.70. The van der Waals surface area contributed by atoms with E-state index in [1.165, 1.54) is 12.1 Å². The lowest BCUT2D eigenvalue weighted by Gasteiger charge is -2.47. The zero-order valence-corrected chi connectivity index (χ0v) is 16.3. The lowest BCUT2D eigenvalue weighted by Crippen LogP contribution is -2.57. The Labute approximate surface area is 167 Å². The number of nitrogens with one attached hydrogen (secondary N) is 1. The third-order valence-corrected chi connectivity index (χ3v) is 6.82. The van der Waals surface area contributed by atoms with Gasteiger partial charge in [-0.1, -0.05) is 19.1 Å². The molecular formula is C21H25F3N2O3. The summed E-state index contributed by atoms with van der Waals surface area (Å²) in [5, 5.41) is 3.02. The van der Waals surface area contributed by atoms with Gasteiger partial charge >= 0.3 is 6.36 Å². The molecule has 1 spiro atoms. The molecule has 3 aliphatic rings. The van der Waals surface area contributed by atoms with Gasteiger partial charge in [0.25, 0.3) is 0 Å². The van der Waals surface area contributed by atoms with Crippen LogP contribution in [0.1, 0.15) is 51.0 Å². The number of halogens is 3. The Morgan fingerprint density at radius 3 is 2.28 bits per heavy atom. The number of hydrogen-bond acceptors (Lipinski definition) is 3. The molecule has 0 radical (unpaired) electrons. The number of carbonyl (C=O) groups is 2. The molecule has 0 unspecified atom stereocenters. The predicted octanol–water partition coefficient (Wildman–Crippen LogP) is 3.52. The van der Waals surface area contributed by atoms with Crippen molar-refractivity contribution in [3.05, 3.63) is 29.8 Å². The Kier molecular flexibility index (Phi) is 4.78. The molecule has 1 saturated carbocycles. The fraction of sp³-hybridized carbons (Fsp3) is 0.619. The summed E-state index contributed by atoms with van der Waals surface area (Å²) in [6.07, 6.45) is -0.353. The molecule has 29 heavy (non-hydrogen) atoms. The van der Waals surface area contributed by atoms with Crippen LogP contribution < -0.4 is 10.1 Å². The number of piperidine rings is 1. The van der Waals surface area contributed by atoms with Crippen LogP contribution in [0.15, 0.2) is 24.3 Å². The molecule has 1 aliphatic carbocycles. The van der Waals surface area contributed by atoms with Crippen LogP contribution in [0.25, 0.3) is 0 Å². The second kappa shape index (κ2) is 6.92. The molecule has 3 fully saturated rings. The molecule has 2 heterocycles. The van der Waals surface area contributed by atoms with Gasteiger partial charge in [0.2, 0.25) is 11.8 Å². The first-order chi connectivity index (χ1) is 13.6. The van der Waals surface area contributed by atoms with Gasteiger partial charge < -0.3 is 15.0 Å². The van der Waals surface area contributed by atoms with Crippen LogP contribution in [0.2, 0.25) is 0 Å². The monoisotopic (exact) mass is 410 g/mol. The molecule has 2 saturated heterocycles. The Balaban J connectivity index is 1.31. The van der Waals surface area contributed by atoms with Crippen molar-refractivity contribution in [2.24, 2.45) is 5.92 Å². The fourth-order valence-electron chi connectivity index (χ4n) is 4.96. The van der Waals surface area contributed by atoms with E-state index in [1.807, 2.05) is 4.90 Å². The predicted molar refractivity (Wildman–Crippen MR) is 99.1 cm³/mol. The summed E-state index contributed by atoms with van der Waals surface area (Å²) in [5.74, 6) is -0.00373. The Hall–Kier alpha value is -2.25. The van der Waals surface area contributed by atoms with Gasteiger partial charge in [-0.25, -0.2) is 0 Å². The molecule has 1 N–H and O–H groups in total. The first kappa shape index (κ1) is 20.0. The van der Waals surface area contributed by atoms with Gasteiger partial charge in [0.15, 0.2) is 0 Å². The Bertz CT molecular complexity index is 792. The van der Waals surface area contributed by atoms with Gasteiger partial charge in [-0.2, -0.15) is 0 Å². The average Bonchev–Trinajstić information content (AvgIpc) is 3.02. The number of rotatable bonds is 3. The van der Waals surface area contributed by atoms with Gasteiger partial charge in [0.1, 0.15) is 5.75 Å². The molecular weight excluding hydrogens is 385 g/mol. The number of carbonyl (C=O) groups excluding carboxylic acids is 2. The van der Waals surface area contributed by atoms with Crippen LogP contribution in [0.3, 0.4) is 0 Å². The maximum absolute atomic E-state index is 12.8. The van der Waals surface area contributed by atoms with E-state index in [0.29, 0.717) is 19.5 Å². The van der Waals surface area contributed by atoms with Gasteiger partial charge in [-0.15, -0.1) is 13.2 Å². The highest BCUT2D eigenvalue weighted by molar-refractivity contribution is 5.83. The van der Waals surface area contributed by atoms with Crippen LogP contribution in [0.4, 0.5) is 13.2 Å². The molecule has 0 atom stereocenters. The summed E-state index contributed by atoms with van der Waals surface area (Å²) in [4.78, 5) is 26.2. The average molecular weight is 410 g/mol. The molecule has 2 amide bonds. The first-order valence-corrected chi connectivity index (χ1v) is 10.0. The minimum absolute atomic E-state index is 0.0171. The summed E-state index contributed by atoms with van der Waals surface area (Å²) in [6, 6.07) is 6.04. The van der Waals surface area contributed by atoms with Crippen LogP contribution in [0, 0.1) is 5.92 Å². The highest BCUT2D eigenvalue weighted by atomic mass is 19.4. The summed E-state index contributed by atoms with van der Waals surface area (Å²) >= 11 is 0. The van der Waals surface area contributed by atoms with Crippen LogP contribution >= 0.6 is 0 Å². The van der Waals surface area contributed by atoms with Crippen LogP contribution in [-0.4, -0.2) is 41.7 Å². The SMILES string of the molecule is CC1(c2ccc(OC(F)(F)F)cc2)CCN(C(=O)C2CC3(CCC(=O)N3)C2)CC1. The summed E-state index contributed by atoms with van der Waals surface area (Å²) in [7, 11) is 0. The number of likely N-dealkylation sites (tertiary alicyclic amines) is 1. The van der Waals surface area contributed by atoms with Gasteiger partial charge in [-0.3, -0.25) is 9.59 Å². The molecule has 4 rings (SSSR count). The standard InChI is InChI=1S/C21H25F3N2O3/c1-19(15-2-4-16(5-3-15)29-21(22,23)24)8-10-26(11-9-19)18(28)14-12-20(13-14)7-6-17(27)25-20/h2-5,14H,6-13H2,1H3,(H,25,27). The zero-order chi connectivity index (χ0) is 20.9. The maximum Gasteiger partial charge on any atom is 0.573 e. The molecule has 0 bridgehead atoms. The lowest BCUT2D eigenvalue weighted by molar-refractivity contribution is -0.274. The second-order valence-corrected chi connectivity index (χ2v) is 8.89. The molecule has 158 valence electrons. The van der Waals surface area contributed by atoms with Crippen molar-refractivity contribution in [2.45, 2.75) is 62.8 Å². The first-order valence-electron chi connectivity index (χ1n) is 10.0. The summed E-state index contributed by atoms with van der Waals surface area (Å²) < 4.78 is 40.9. The number of amides is 2. The highest BCUT2D eigenvalue weighted by Gasteiger charge is 2.52. The smallest absolute Gasteiger partial charge is 0.406 e. The number of nitrogens with zero attached hydrogens (tertiary/aromatic N) is 1. The molecule has 1 aromatic carbocycles. The second-order valence-electron chi connectivity index (χ2n) is 8.89. The molecule has 5 nitrogen and oxygen atoms in total. The Morgan fingerprint density at radius 1 is 1.14 bits per heavy atom. The van der Waals surface area contributed by atoms with E-state index in [0.717, 1.165) is 37.7 Å². The van der Waals surface area contributed by atoms with Crippen LogP contribution in [0.5, 0.6) is 5.75 Å². The Morgan fingerprint density at radius 2 is 1.76 bits per heavy atom. The van der Waals surface area contributed by atoms with E-state index in [-0.39, 0.29) is 34.4 Å². The van der Waals surface area contributed by atoms with Crippen molar-refractivity contribution in [3.63, 3.8) is 0 Å². The highest BCUT2D eigenvalue weighted by Crippen LogP contribution is 2.45. The van der Waals surface area contributed by atoms with Crippen LogP contribution in [-0.2, 0) is 15.0 Å². The normalized spacial score (nSPS) is 28.8. The van der Waals surface area contributed by atoms with Crippen molar-refractivity contribution in [1.82, 2.24) is 10.2 Å². The molecule has 1 aromatic rings. The lowest BCUT2D eigenvalue weighted by atomic mass is 9.66. The summed E-state index contributed by atoms with van der Waals surface area (Å²) in [5.41, 5.74) is 0.617. The number of hydrogen-bond donors (Lipinski definition) is 1. The van der Waals surface area contributed by atoms with E-state index in [9.17, 15) is 22.8 Å². The van der Waals surface area contributed by atoms with Crippen molar-refractivity contribution in [1.29, 1.82) is 0 Å². The number of ether oxygens (including phenoxy) is 1. The third kappa shape index (κ3) is 4.07. The topological polar surface area (TPSA) is 58.6 Å². The fourth-order valence-corrected chi connectivity index (χ4v) is 4.96. The molecule has 0 aromatic heterocycles. The van der Waals surface area contributed by atoms with E-state index in [4.69, 9.17) is 0 Å². The number of alkyl halides is 3. The van der Waals surface area contributed by atoms with Gasteiger partial charge in [-0.05, 0) is 55.2 Å². The van der Waals surface area contributed by atoms with E-state index >= 15 is 0 Å². The van der Waals surface area contributed by atoms with Crippen molar-refractivity contribution >= 4 is 11.8 Å². The van der Waals surface area contributed by atoms with E-state index in [2.05, 4.69) is 17.0 Å². The van der Waals surface area contributed by atoms with E-state index in [1.54, 1.807) is 12.1 Å². The molecule has 8 heteroatoms. The van der Waals surface area contributed by atoms with E-state index < -0.39 is 6.36 Å². The largest absolute Gasteiger partial charge is 0.573 e.